The average molecular weight is 1670 g/mol. The van der Waals surface area contributed by atoms with Gasteiger partial charge >= 0.3 is 0 Å². The number of likely N-dealkylation sites (N-methyl/N-ethyl adjacent to an activating group) is 2. The van der Waals surface area contributed by atoms with Crippen LogP contribution in [0.3, 0.4) is 0 Å². The Morgan fingerprint density at radius 1 is 0.508 bits per heavy atom. The summed E-state index contributed by atoms with van der Waals surface area (Å²) in [6.45, 7) is 24.6. The van der Waals surface area contributed by atoms with E-state index >= 15 is 0 Å². The fourth-order valence-corrected chi connectivity index (χ4v) is 23.2. The molecule has 23 heteroatoms. The summed E-state index contributed by atoms with van der Waals surface area (Å²) in [7, 11) is 2.13. The van der Waals surface area contributed by atoms with Crippen molar-refractivity contribution in [2.75, 3.05) is 39.8 Å². The maximum absolute atomic E-state index is 12.8. The fraction of sp³-hybridized carbons (Fsp3) is 0.400. The van der Waals surface area contributed by atoms with Crippen molar-refractivity contribution in [2.24, 2.45) is 22.9 Å². The third-order valence-corrected chi connectivity index (χ3v) is 28.5. The average Bonchev–Trinajstić information content (AvgIpc) is 1.58. The molecule has 2 atom stereocenters. The highest BCUT2D eigenvalue weighted by molar-refractivity contribution is 7.13. The van der Waals surface area contributed by atoms with Crippen LogP contribution in [0.4, 0.5) is 0 Å². The zero-order valence-electron chi connectivity index (χ0n) is 69.7. The maximum atomic E-state index is 12.8. The highest BCUT2D eigenvalue weighted by atomic mass is 32.1. The smallest absolute Gasteiger partial charge is 0.250 e. The van der Waals surface area contributed by atoms with Gasteiger partial charge in [-0.05, 0) is 176 Å². The van der Waals surface area contributed by atoms with E-state index in [0.717, 1.165) is 168 Å². The number of ketones is 4. The molecule has 5 amide bonds. The first-order chi connectivity index (χ1) is 56.3. The molecule has 5 aromatic heterocycles. The van der Waals surface area contributed by atoms with Gasteiger partial charge in [0, 0.05) is 176 Å². The number of H-pyrrole nitrogens is 1. The Morgan fingerprint density at radius 3 is 1.40 bits per heavy atom. The van der Waals surface area contributed by atoms with Gasteiger partial charge in [0.2, 0.25) is 29.5 Å². The molecule has 5 aliphatic rings. The second-order valence-electron chi connectivity index (χ2n) is 33.7. The molecule has 620 valence electrons. The lowest BCUT2D eigenvalue weighted by Gasteiger charge is -2.42. The van der Waals surface area contributed by atoms with Crippen LogP contribution in [0.5, 0.6) is 0 Å². The zero-order chi connectivity index (χ0) is 84.4. The SMILES string of the molecule is CCN1CCc2c(sc(CC(=O)Cc3ccc(C)cc3)c2C(N)=O)C1.Cc1ccc(CC(=O)Cc2sc3c(c2C(N)=O)CC(C)(C)NC3(C)C)cc1.Cc1ccc(CC(=O)Cc2sc3c(c2C(N)=O)CCN(CCCNC(=O)CCc2c[nH]c4ccccc24)C3)cc1.Cc1ccc(CC(=O)Cc2sc3c(c2C(N)=O)[C@H]2CC[C@@H](C3)N2C)cc1. The van der Waals surface area contributed by atoms with Gasteiger partial charge in [-0.3, -0.25) is 57.9 Å². The summed E-state index contributed by atoms with van der Waals surface area (Å²) in [5.41, 5.74) is 40.0. The summed E-state index contributed by atoms with van der Waals surface area (Å²) in [5, 5.41) is 7.86. The molecule has 11 N–H and O–H groups in total. The van der Waals surface area contributed by atoms with Crippen LogP contribution in [0.2, 0.25) is 0 Å². The minimum absolute atomic E-state index is 0.0653. The minimum Gasteiger partial charge on any atom is -0.366 e. The van der Waals surface area contributed by atoms with Crippen LogP contribution in [0.15, 0.2) is 128 Å². The van der Waals surface area contributed by atoms with Crippen molar-refractivity contribution in [1.29, 1.82) is 0 Å². The normalized spacial score (nSPS) is 16.3. The Hall–Kier alpha value is -9.69. The number of para-hydroxylation sites is 1. The molecule has 10 aromatic rings. The molecule has 0 aliphatic carbocycles. The first-order valence-electron chi connectivity index (χ1n) is 41.1. The van der Waals surface area contributed by atoms with Crippen LogP contribution < -0.4 is 33.6 Å². The van der Waals surface area contributed by atoms with Gasteiger partial charge in [-0.2, -0.15) is 0 Å². The number of carbonyl (C=O) groups is 9. The summed E-state index contributed by atoms with van der Waals surface area (Å²) in [6.07, 6.45) is 12.1. The number of benzene rings is 5. The lowest BCUT2D eigenvalue weighted by molar-refractivity contribution is -0.121. The summed E-state index contributed by atoms with van der Waals surface area (Å²) in [6, 6.07) is 41.0. The first-order valence-corrected chi connectivity index (χ1v) is 44.4. The number of primary amides is 4. The summed E-state index contributed by atoms with van der Waals surface area (Å²) < 4.78 is 0. The van der Waals surface area contributed by atoms with Gasteiger partial charge in [0.05, 0.1) is 22.3 Å². The van der Waals surface area contributed by atoms with E-state index in [1.807, 2.05) is 149 Å². The van der Waals surface area contributed by atoms with Gasteiger partial charge in [-0.25, -0.2) is 0 Å². The fourth-order valence-electron chi connectivity index (χ4n) is 17.5. The first kappa shape index (κ1) is 87.6. The second-order valence-corrected chi connectivity index (χ2v) is 38.3. The number of Topliss-reactive ketones (excluding diaryl/α,β-unsaturated/α-hetero) is 4. The standard InChI is InChI=1S/C32H36N4O3S.C22H28N2O2S.C21H24N2O2S.C20H24N2O2S/c1-21-7-9-22(10-8-21)17-24(37)18-28-31(32(33)39)26-13-16-36(20-29(26)40-28)15-4-14-34-30(38)12-11-23-19-35-27-6-3-2-5-25(23)27;1-13-6-8-14(9-7-13)10-15(25)11-17-18(20(23)26)16-12-21(2,3)24-22(4,5)19(16)27-17;1-12-3-5-13(6-4-12)9-15(24)11-18-20(21(22)25)19-16-8-7-14(23(16)2)10-17(19)26-18;1-3-22-9-8-16-18(12-22)25-17(19(16)20(21)24)11-15(23)10-14-6-4-13(2)5-7-14/h2-3,5-10,19,35H,4,11-18,20H2,1H3,(H2,33,39)(H,34,38);6-9,24H,10-12H2,1-5H3,(H2,23,26);3-6,14,16H,7-11H2,1-2H3,(H2,22,25);4-7H,3,8-12H2,1-2H3,(H2,21,24)/t;;14-,16+;/m..0./s1. The molecular formula is C95H112N10O9S4. The number of fused-ring (bicyclic) bond motifs is 8. The summed E-state index contributed by atoms with van der Waals surface area (Å²) >= 11 is 6.33. The highest BCUT2D eigenvalue weighted by Gasteiger charge is 2.44. The Labute approximate surface area is 709 Å². The van der Waals surface area contributed by atoms with Crippen molar-refractivity contribution < 1.29 is 43.2 Å². The number of hydrogen-bond donors (Lipinski definition) is 7. The van der Waals surface area contributed by atoms with Crippen molar-refractivity contribution in [3.8, 4) is 0 Å². The van der Waals surface area contributed by atoms with E-state index in [9.17, 15) is 43.2 Å². The van der Waals surface area contributed by atoms with Crippen LogP contribution in [0, 0.1) is 27.7 Å². The molecule has 10 heterocycles. The molecule has 19 nitrogen and oxygen atoms in total. The number of nitrogens with zero attached hydrogens (tertiary/aromatic N) is 3. The molecule has 0 spiro atoms. The van der Waals surface area contributed by atoms with Gasteiger partial charge in [0.1, 0.15) is 23.1 Å². The monoisotopic (exact) mass is 1660 g/mol. The van der Waals surface area contributed by atoms with Crippen molar-refractivity contribution >= 4 is 109 Å². The van der Waals surface area contributed by atoms with Gasteiger partial charge in [-0.1, -0.05) is 144 Å². The Balaban J connectivity index is 0.000000148. The Morgan fingerprint density at radius 2 is 0.932 bits per heavy atom. The van der Waals surface area contributed by atoms with E-state index in [2.05, 4.69) is 78.1 Å². The molecule has 1 saturated heterocycles. The molecule has 5 aromatic carbocycles. The molecule has 2 bridgehead atoms. The van der Waals surface area contributed by atoms with Crippen molar-refractivity contribution in [2.45, 2.75) is 208 Å². The lowest BCUT2D eigenvalue weighted by atomic mass is 9.80. The number of nitrogens with one attached hydrogen (secondary N) is 3. The van der Waals surface area contributed by atoms with Crippen molar-refractivity contribution in [1.82, 2.24) is 30.3 Å². The number of aryl methyl sites for hydroxylation is 5. The zero-order valence-corrected chi connectivity index (χ0v) is 73.0. The van der Waals surface area contributed by atoms with E-state index in [0.29, 0.717) is 79.8 Å². The molecule has 1 fully saturated rings. The molecule has 118 heavy (non-hydrogen) atoms. The van der Waals surface area contributed by atoms with Gasteiger partial charge in [0.15, 0.2) is 0 Å². The van der Waals surface area contributed by atoms with Crippen LogP contribution in [-0.4, -0.2) is 124 Å². The number of carbonyl (C=O) groups excluding carboxylic acids is 9. The highest BCUT2D eigenvalue weighted by Crippen LogP contribution is 2.49. The van der Waals surface area contributed by atoms with Gasteiger partial charge < -0.3 is 38.6 Å². The van der Waals surface area contributed by atoms with E-state index in [4.69, 9.17) is 22.9 Å². The predicted octanol–water partition coefficient (Wildman–Crippen LogP) is 14.2. The Bertz CT molecular complexity index is 5370. The van der Waals surface area contributed by atoms with E-state index in [1.54, 1.807) is 45.3 Å². The predicted molar refractivity (Wildman–Crippen MR) is 475 cm³/mol. The number of amides is 5. The van der Waals surface area contributed by atoms with E-state index < -0.39 is 17.7 Å². The van der Waals surface area contributed by atoms with Crippen LogP contribution in [0.25, 0.3) is 10.9 Å². The molecule has 15 rings (SSSR count). The van der Waals surface area contributed by atoms with Crippen LogP contribution in [0.1, 0.15) is 219 Å². The van der Waals surface area contributed by atoms with E-state index in [1.165, 1.54) is 38.3 Å². The third kappa shape index (κ3) is 21.8. The second kappa shape index (κ2) is 38.6. The Kier molecular flexibility index (Phi) is 28.6. The quantitative estimate of drug-likeness (QED) is 0.0225. The van der Waals surface area contributed by atoms with Crippen LogP contribution >= 0.6 is 45.3 Å². The summed E-state index contributed by atoms with van der Waals surface area (Å²) in [4.78, 5) is 130. The van der Waals surface area contributed by atoms with Crippen LogP contribution in [-0.2, 0) is 126 Å². The largest absolute Gasteiger partial charge is 0.366 e. The molecule has 0 saturated carbocycles. The number of thiophene rings is 4. The third-order valence-electron chi connectivity index (χ3n) is 23.2. The molecular weight excluding hydrogens is 1550 g/mol. The van der Waals surface area contributed by atoms with Crippen molar-refractivity contribution in [3.05, 3.63) is 261 Å². The summed E-state index contributed by atoms with van der Waals surface area (Å²) in [5.74, 6) is -1.16. The number of nitrogens with two attached hydrogens (primary N) is 4. The number of aromatic amines is 1. The lowest BCUT2D eigenvalue weighted by Crippen LogP contribution is -2.55. The minimum atomic E-state index is -0.445. The van der Waals surface area contributed by atoms with Gasteiger partial charge in [-0.15, -0.1) is 45.3 Å². The van der Waals surface area contributed by atoms with Gasteiger partial charge in [0.25, 0.3) is 0 Å². The molecule has 5 aliphatic heterocycles. The molecule has 0 radical (unpaired) electrons. The number of aromatic nitrogens is 1. The maximum Gasteiger partial charge on any atom is 0.250 e. The van der Waals surface area contributed by atoms with E-state index in [-0.39, 0.29) is 71.3 Å². The number of hydrogen-bond acceptors (Lipinski definition) is 17. The van der Waals surface area contributed by atoms with Crippen molar-refractivity contribution in [3.63, 3.8) is 0 Å². The molecule has 0 unspecified atom stereocenters. The topological polar surface area (TPSA) is 307 Å². The number of rotatable bonds is 28.